The summed E-state index contributed by atoms with van der Waals surface area (Å²) >= 11 is 4.13. The molecule has 0 aliphatic heterocycles. The molecule has 0 aliphatic rings. The third-order valence-electron chi connectivity index (χ3n) is 1.45. The zero-order valence-electron chi connectivity index (χ0n) is 6.60. The van der Waals surface area contributed by atoms with Gasteiger partial charge in [-0.3, -0.25) is 0 Å². The average molecular weight is 221 g/mol. The summed E-state index contributed by atoms with van der Waals surface area (Å²) in [5.74, 6) is -1.07. The fraction of sp³-hybridized carbons (Fsp3) is 0.125. The lowest BCUT2D eigenvalue weighted by Crippen LogP contribution is -2.05. The number of benzene rings is 1. The van der Waals surface area contributed by atoms with Gasteiger partial charge in [0.15, 0.2) is 0 Å². The smallest absolute Gasteiger partial charge is 0.205 e. The van der Waals surface area contributed by atoms with Gasteiger partial charge in [0.1, 0.15) is 11.5 Å². The molecule has 0 spiro atoms. The third-order valence-corrected chi connectivity index (χ3v) is 1.54. The molecule has 0 heterocycles. The van der Waals surface area contributed by atoms with E-state index in [1.54, 1.807) is 5.16 Å². The number of isothiocyanates is 1. The van der Waals surface area contributed by atoms with E-state index in [1.165, 1.54) is 0 Å². The molecule has 0 N–H and O–H groups in total. The van der Waals surface area contributed by atoms with Crippen molar-refractivity contribution in [1.82, 2.24) is 0 Å². The highest BCUT2D eigenvalue weighted by Crippen LogP contribution is 2.37. The normalized spacial score (nSPS) is 10.9. The average Bonchev–Trinajstić information content (AvgIpc) is 2.07. The maximum Gasteiger partial charge on any atom is 0.418 e. The van der Waals surface area contributed by atoms with Gasteiger partial charge in [-0.2, -0.15) is 18.2 Å². The van der Waals surface area contributed by atoms with Gasteiger partial charge in [0.05, 0.1) is 10.7 Å². The topological polar surface area (TPSA) is 12.4 Å². The van der Waals surface area contributed by atoms with Crippen molar-refractivity contribution < 1.29 is 17.6 Å². The Balaban J connectivity index is 3.43. The van der Waals surface area contributed by atoms with Gasteiger partial charge in [-0.25, -0.2) is 4.39 Å². The Kier molecular flexibility index (Phi) is 2.98. The molecule has 1 rings (SSSR count). The number of para-hydroxylation sites is 1. The first kappa shape index (κ1) is 10.8. The summed E-state index contributed by atoms with van der Waals surface area (Å²) in [5.41, 5.74) is -1.98. The second kappa shape index (κ2) is 3.86. The van der Waals surface area contributed by atoms with E-state index in [9.17, 15) is 17.6 Å². The van der Waals surface area contributed by atoms with Gasteiger partial charge in [0.2, 0.25) is 0 Å². The third kappa shape index (κ3) is 2.16. The Morgan fingerprint density at radius 2 is 1.93 bits per heavy atom. The van der Waals surface area contributed by atoms with Crippen molar-refractivity contribution in [3.05, 3.63) is 29.6 Å². The Bertz CT molecular complexity index is 393. The zero-order chi connectivity index (χ0) is 10.8. The summed E-state index contributed by atoms with van der Waals surface area (Å²) in [6.07, 6.45) is -4.65. The van der Waals surface area contributed by atoms with Crippen LogP contribution in [0.25, 0.3) is 0 Å². The highest BCUT2D eigenvalue weighted by Gasteiger charge is 2.34. The van der Waals surface area contributed by atoms with Crippen molar-refractivity contribution >= 4 is 23.1 Å². The molecule has 0 unspecified atom stereocenters. The number of thiocarbonyl (C=S) groups is 1. The summed E-state index contributed by atoms with van der Waals surface area (Å²) in [6.45, 7) is 0. The maximum atomic E-state index is 12.9. The summed E-state index contributed by atoms with van der Waals surface area (Å²) in [7, 11) is 0. The molecule has 0 radical (unpaired) electrons. The second-order valence-electron chi connectivity index (χ2n) is 2.34. The number of rotatable bonds is 1. The highest BCUT2D eigenvalue weighted by molar-refractivity contribution is 7.78. The van der Waals surface area contributed by atoms with Crippen LogP contribution in [0.5, 0.6) is 0 Å². The number of hydrogen-bond donors (Lipinski definition) is 0. The van der Waals surface area contributed by atoms with Crippen LogP contribution in [0.1, 0.15) is 5.56 Å². The van der Waals surface area contributed by atoms with Gasteiger partial charge in [0, 0.05) is 0 Å². The first-order valence-electron chi connectivity index (χ1n) is 3.40. The van der Waals surface area contributed by atoms with Crippen LogP contribution in [0, 0.1) is 5.82 Å². The molecule has 14 heavy (non-hydrogen) atoms. The zero-order valence-corrected chi connectivity index (χ0v) is 7.42. The Labute approximate surface area is 82.1 Å². The molecule has 0 saturated carbocycles. The largest absolute Gasteiger partial charge is 0.418 e. The number of alkyl halides is 3. The molecule has 6 heteroatoms. The van der Waals surface area contributed by atoms with Crippen LogP contribution in [-0.2, 0) is 6.18 Å². The van der Waals surface area contributed by atoms with E-state index in [4.69, 9.17) is 0 Å². The van der Waals surface area contributed by atoms with Crippen LogP contribution in [-0.4, -0.2) is 5.16 Å². The van der Waals surface area contributed by atoms with Crippen LogP contribution in [0.4, 0.5) is 23.2 Å². The SMILES string of the molecule is Fc1cccc(C(F)(F)F)c1N=C=S. The number of hydrogen-bond acceptors (Lipinski definition) is 2. The summed E-state index contributed by atoms with van der Waals surface area (Å²) in [6, 6.07) is 2.57. The molecule has 1 nitrogen and oxygen atoms in total. The molecular formula is C8H3F4NS. The number of nitrogens with zero attached hydrogens (tertiary/aromatic N) is 1. The van der Waals surface area contributed by atoms with Gasteiger partial charge in [-0.05, 0) is 24.4 Å². The van der Waals surface area contributed by atoms with Crippen molar-refractivity contribution in [2.24, 2.45) is 4.99 Å². The molecule has 1 aromatic rings. The van der Waals surface area contributed by atoms with E-state index in [-0.39, 0.29) is 0 Å². The minimum absolute atomic E-state index is 0.731. The molecule has 0 amide bonds. The van der Waals surface area contributed by atoms with Crippen LogP contribution in [0.2, 0.25) is 0 Å². The monoisotopic (exact) mass is 221 g/mol. The summed E-state index contributed by atoms with van der Waals surface area (Å²) < 4.78 is 49.7. The van der Waals surface area contributed by atoms with E-state index in [1.807, 2.05) is 0 Å². The molecule has 0 aliphatic carbocycles. The predicted molar refractivity (Wildman–Crippen MR) is 46.1 cm³/mol. The van der Waals surface area contributed by atoms with Crippen molar-refractivity contribution in [3.8, 4) is 0 Å². The summed E-state index contributed by atoms with van der Waals surface area (Å²) in [5, 5.41) is 1.71. The van der Waals surface area contributed by atoms with E-state index >= 15 is 0 Å². The van der Waals surface area contributed by atoms with Crippen molar-refractivity contribution in [1.29, 1.82) is 0 Å². The lowest BCUT2D eigenvalue weighted by molar-refractivity contribution is -0.137. The van der Waals surface area contributed by atoms with Gasteiger partial charge in [-0.15, -0.1) is 0 Å². The molecule has 0 aromatic heterocycles. The van der Waals surface area contributed by atoms with Gasteiger partial charge < -0.3 is 0 Å². The molecule has 0 saturated heterocycles. The van der Waals surface area contributed by atoms with E-state index < -0.39 is 23.2 Å². The molecular weight excluding hydrogens is 218 g/mol. The van der Waals surface area contributed by atoms with Crippen molar-refractivity contribution in [2.45, 2.75) is 6.18 Å². The lowest BCUT2D eigenvalue weighted by Gasteiger charge is -2.08. The van der Waals surface area contributed by atoms with Crippen LogP contribution in [0.3, 0.4) is 0 Å². The van der Waals surface area contributed by atoms with Crippen molar-refractivity contribution in [3.63, 3.8) is 0 Å². The van der Waals surface area contributed by atoms with E-state index in [0.29, 0.717) is 0 Å². The molecule has 0 bridgehead atoms. The predicted octanol–water partition coefficient (Wildman–Crippen LogP) is 3.58. The van der Waals surface area contributed by atoms with Crippen LogP contribution < -0.4 is 0 Å². The minimum atomic E-state index is -4.65. The van der Waals surface area contributed by atoms with Gasteiger partial charge in [-0.1, -0.05) is 6.07 Å². The van der Waals surface area contributed by atoms with Gasteiger partial charge >= 0.3 is 6.18 Å². The molecule has 0 fully saturated rings. The van der Waals surface area contributed by atoms with E-state index in [2.05, 4.69) is 17.2 Å². The van der Waals surface area contributed by atoms with Gasteiger partial charge in [0.25, 0.3) is 0 Å². The Hall–Kier alpha value is -1.26. The number of halogens is 4. The van der Waals surface area contributed by atoms with E-state index in [0.717, 1.165) is 18.2 Å². The fourth-order valence-corrected chi connectivity index (χ4v) is 0.995. The molecule has 1 aromatic carbocycles. The molecule has 0 atom stereocenters. The van der Waals surface area contributed by atoms with Crippen molar-refractivity contribution in [2.75, 3.05) is 0 Å². The first-order valence-corrected chi connectivity index (χ1v) is 3.81. The fourth-order valence-electron chi connectivity index (χ4n) is 0.903. The molecule has 74 valence electrons. The second-order valence-corrected chi connectivity index (χ2v) is 2.52. The Morgan fingerprint density at radius 3 is 2.43 bits per heavy atom. The standard InChI is InChI=1S/C8H3F4NS/c9-6-3-1-2-5(8(10,11)12)7(6)13-4-14/h1-3H. The minimum Gasteiger partial charge on any atom is -0.205 e. The Morgan fingerprint density at radius 1 is 1.29 bits per heavy atom. The quantitative estimate of drug-likeness (QED) is 0.401. The van der Waals surface area contributed by atoms with Crippen LogP contribution in [0.15, 0.2) is 23.2 Å². The first-order chi connectivity index (χ1) is 6.46. The maximum absolute atomic E-state index is 12.9. The number of aliphatic imine (C=N–C) groups is 1. The summed E-state index contributed by atoms with van der Waals surface area (Å²) in [4.78, 5) is 3.04. The van der Waals surface area contributed by atoms with Crippen LogP contribution >= 0.6 is 12.2 Å². The lowest BCUT2D eigenvalue weighted by atomic mass is 10.1. The highest BCUT2D eigenvalue weighted by atomic mass is 32.1.